The van der Waals surface area contributed by atoms with Gasteiger partial charge in [-0.25, -0.2) is 17.2 Å². The lowest BCUT2D eigenvalue weighted by molar-refractivity contribution is 0.192. The topological polar surface area (TPSA) is 63.4 Å². The van der Waals surface area contributed by atoms with Gasteiger partial charge in [0, 0.05) is 25.2 Å². The molecule has 2 N–H and O–H groups in total. The zero-order valence-electron chi connectivity index (χ0n) is 11.6. The summed E-state index contributed by atoms with van der Waals surface area (Å²) in [4.78, 5) is -0.359. The smallest absolute Gasteiger partial charge is 0.243 e. The van der Waals surface area contributed by atoms with Gasteiger partial charge >= 0.3 is 0 Å². The molecular formula is C13H19ClF2N2O2S. The molecule has 2 rings (SSSR count). The van der Waals surface area contributed by atoms with Crippen LogP contribution in [0.5, 0.6) is 0 Å². The van der Waals surface area contributed by atoms with Crippen molar-refractivity contribution in [3.63, 3.8) is 0 Å². The van der Waals surface area contributed by atoms with Crippen molar-refractivity contribution in [1.29, 1.82) is 0 Å². The molecule has 0 saturated carbocycles. The van der Waals surface area contributed by atoms with Crippen molar-refractivity contribution in [3.05, 3.63) is 29.8 Å². The fraction of sp³-hybridized carbons (Fsp3) is 0.538. The zero-order valence-corrected chi connectivity index (χ0v) is 13.3. The molecule has 0 amide bonds. The van der Waals surface area contributed by atoms with Crippen LogP contribution in [0.4, 0.5) is 8.78 Å². The number of hydrogen-bond donors (Lipinski definition) is 1. The van der Waals surface area contributed by atoms with Gasteiger partial charge in [0.2, 0.25) is 10.0 Å². The van der Waals surface area contributed by atoms with E-state index in [1.807, 2.05) is 6.92 Å². The van der Waals surface area contributed by atoms with Crippen LogP contribution in [-0.4, -0.2) is 31.9 Å². The quantitative estimate of drug-likeness (QED) is 0.916. The molecule has 1 aromatic rings. The Morgan fingerprint density at radius 2 is 1.86 bits per heavy atom. The Morgan fingerprint density at radius 1 is 1.29 bits per heavy atom. The van der Waals surface area contributed by atoms with Crippen LogP contribution in [0.25, 0.3) is 0 Å². The molecule has 2 atom stereocenters. The monoisotopic (exact) mass is 340 g/mol. The number of sulfonamides is 1. The highest BCUT2D eigenvalue weighted by atomic mass is 35.5. The van der Waals surface area contributed by atoms with Crippen LogP contribution in [0.1, 0.15) is 19.8 Å². The second-order valence-electron chi connectivity index (χ2n) is 5.14. The van der Waals surface area contributed by atoms with Crippen LogP contribution in [0.3, 0.4) is 0 Å². The summed E-state index contributed by atoms with van der Waals surface area (Å²) in [6.45, 7) is 2.45. The molecule has 2 unspecified atom stereocenters. The van der Waals surface area contributed by atoms with E-state index in [0.717, 1.165) is 18.6 Å². The Bertz CT molecular complexity index is 578. The molecule has 0 spiro atoms. The minimum absolute atomic E-state index is 0. The number of nitrogens with two attached hydrogens (primary N) is 1. The number of rotatable bonds is 3. The van der Waals surface area contributed by atoms with E-state index in [2.05, 4.69) is 0 Å². The lowest BCUT2D eigenvalue weighted by Crippen LogP contribution is -2.51. The van der Waals surface area contributed by atoms with Gasteiger partial charge in [-0.2, -0.15) is 4.31 Å². The van der Waals surface area contributed by atoms with Crippen molar-refractivity contribution in [2.75, 3.05) is 13.1 Å². The van der Waals surface area contributed by atoms with E-state index < -0.39 is 21.7 Å². The van der Waals surface area contributed by atoms with Crippen molar-refractivity contribution in [1.82, 2.24) is 4.31 Å². The summed E-state index contributed by atoms with van der Waals surface area (Å²) < 4.78 is 52.8. The number of benzene rings is 1. The van der Waals surface area contributed by atoms with Crippen molar-refractivity contribution in [3.8, 4) is 0 Å². The van der Waals surface area contributed by atoms with Gasteiger partial charge in [0.1, 0.15) is 11.6 Å². The average molecular weight is 341 g/mol. The third-order valence-corrected chi connectivity index (χ3v) is 5.65. The van der Waals surface area contributed by atoms with Gasteiger partial charge in [-0.05, 0) is 30.9 Å². The van der Waals surface area contributed by atoms with Gasteiger partial charge in [0.15, 0.2) is 0 Å². The summed E-state index contributed by atoms with van der Waals surface area (Å²) in [5.41, 5.74) is 5.66. The molecular weight excluding hydrogens is 322 g/mol. The molecule has 0 aromatic heterocycles. The average Bonchev–Trinajstić information content (AvgIpc) is 2.37. The molecule has 4 nitrogen and oxygen atoms in total. The number of nitrogens with zero attached hydrogens (tertiary/aromatic N) is 1. The molecule has 1 aromatic carbocycles. The highest BCUT2D eigenvalue weighted by Gasteiger charge is 2.36. The minimum atomic E-state index is -3.93. The Morgan fingerprint density at radius 3 is 2.38 bits per heavy atom. The first-order valence-electron chi connectivity index (χ1n) is 6.54. The first kappa shape index (κ1) is 18.3. The molecule has 120 valence electrons. The Hall–Kier alpha value is -0.760. The summed E-state index contributed by atoms with van der Waals surface area (Å²) in [5, 5.41) is 0. The normalized spacial score (nSPS) is 23.6. The Balaban J connectivity index is 0.00000220. The second kappa shape index (κ2) is 7.00. The molecule has 21 heavy (non-hydrogen) atoms. The lowest BCUT2D eigenvalue weighted by Gasteiger charge is -2.38. The largest absolute Gasteiger partial charge is 0.329 e. The maximum atomic E-state index is 13.2. The predicted octanol–water partition coefficient (Wildman–Crippen LogP) is 2.13. The fourth-order valence-electron chi connectivity index (χ4n) is 2.67. The van der Waals surface area contributed by atoms with Gasteiger partial charge in [-0.15, -0.1) is 12.4 Å². The number of piperidine rings is 1. The van der Waals surface area contributed by atoms with Gasteiger partial charge in [-0.1, -0.05) is 6.92 Å². The third-order valence-electron chi connectivity index (χ3n) is 3.75. The van der Waals surface area contributed by atoms with E-state index in [9.17, 15) is 17.2 Å². The van der Waals surface area contributed by atoms with E-state index in [1.165, 1.54) is 4.31 Å². The Kier molecular flexibility index (Phi) is 6.10. The van der Waals surface area contributed by atoms with Crippen LogP contribution >= 0.6 is 12.4 Å². The van der Waals surface area contributed by atoms with Crippen LogP contribution in [0, 0.1) is 17.6 Å². The molecule has 1 aliphatic rings. The summed E-state index contributed by atoms with van der Waals surface area (Å²) in [6, 6.07) is 1.99. The fourth-order valence-corrected chi connectivity index (χ4v) is 4.49. The highest BCUT2D eigenvalue weighted by molar-refractivity contribution is 7.89. The maximum absolute atomic E-state index is 13.2. The zero-order chi connectivity index (χ0) is 14.9. The van der Waals surface area contributed by atoms with Gasteiger partial charge in [0.25, 0.3) is 0 Å². The van der Waals surface area contributed by atoms with E-state index in [1.54, 1.807) is 0 Å². The van der Waals surface area contributed by atoms with Crippen molar-refractivity contribution < 1.29 is 17.2 Å². The molecule has 1 heterocycles. The predicted molar refractivity (Wildman–Crippen MR) is 78.7 cm³/mol. The third kappa shape index (κ3) is 3.71. The molecule has 8 heteroatoms. The van der Waals surface area contributed by atoms with Crippen LogP contribution in [-0.2, 0) is 10.0 Å². The molecule has 0 bridgehead atoms. The SMILES string of the molecule is CC1CCCN(S(=O)(=O)c2cc(F)cc(F)c2)C1CN.Cl. The highest BCUT2D eigenvalue weighted by Crippen LogP contribution is 2.29. The first-order chi connectivity index (χ1) is 9.36. The van der Waals surface area contributed by atoms with Crippen molar-refractivity contribution in [2.24, 2.45) is 11.7 Å². The maximum Gasteiger partial charge on any atom is 0.243 e. The lowest BCUT2D eigenvalue weighted by atomic mass is 9.93. The van der Waals surface area contributed by atoms with Crippen LogP contribution in [0.15, 0.2) is 23.1 Å². The number of hydrogen-bond acceptors (Lipinski definition) is 3. The molecule has 1 fully saturated rings. The van der Waals surface area contributed by atoms with Crippen molar-refractivity contribution >= 4 is 22.4 Å². The molecule has 1 saturated heterocycles. The second-order valence-corrected chi connectivity index (χ2v) is 7.03. The van der Waals surface area contributed by atoms with Crippen LogP contribution in [0.2, 0.25) is 0 Å². The molecule has 0 aliphatic carbocycles. The Labute approximate surface area is 129 Å². The van der Waals surface area contributed by atoms with Crippen LogP contribution < -0.4 is 5.73 Å². The standard InChI is InChI=1S/C13H18F2N2O2S.ClH/c1-9-3-2-4-17(13(9)8-16)20(18,19)12-6-10(14)5-11(15)7-12;/h5-7,9,13H,2-4,8,16H2,1H3;1H. The van der Waals surface area contributed by atoms with Gasteiger partial charge in [-0.3, -0.25) is 0 Å². The van der Waals surface area contributed by atoms with E-state index >= 15 is 0 Å². The van der Waals surface area contributed by atoms with Gasteiger partial charge in [0.05, 0.1) is 4.90 Å². The van der Waals surface area contributed by atoms with Crippen molar-refractivity contribution in [2.45, 2.75) is 30.7 Å². The van der Waals surface area contributed by atoms with E-state index in [0.29, 0.717) is 19.0 Å². The van der Waals surface area contributed by atoms with E-state index in [-0.39, 0.29) is 35.8 Å². The summed E-state index contributed by atoms with van der Waals surface area (Å²) in [7, 11) is -3.93. The first-order valence-corrected chi connectivity index (χ1v) is 7.98. The summed E-state index contributed by atoms with van der Waals surface area (Å²) in [5.74, 6) is -1.68. The summed E-state index contributed by atoms with van der Waals surface area (Å²) in [6.07, 6.45) is 1.61. The molecule has 0 radical (unpaired) electrons. The minimum Gasteiger partial charge on any atom is -0.329 e. The van der Waals surface area contributed by atoms with E-state index in [4.69, 9.17) is 5.73 Å². The summed E-state index contributed by atoms with van der Waals surface area (Å²) >= 11 is 0. The van der Waals surface area contributed by atoms with Gasteiger partial charge < -0.3 is 5.73 Å². The number of halogens is 3. The molecule has 1 aliphatic heterocycles.